The molecule has 2 fully saturated rings. The van der Waals surface area contributed by atoms with Gasteiger partial charge in [-0.05, 0) is 68.3 Å². The first-order valence-corrected chi connectivity index (χ1v) is 13.3. The number of hydrogen-bond donors (Lipinski definition) is 1. The van der Waals surface area contributed by atoms with E-state index in [0.29, 0.717) is 29.9 Å². The third-order valence-corrected chi connectivity index (χ3v) is 8.73. The molecule has 4 rings (SSSR count). The smallest absolute Gasteiger partial charge is 0.255 e. The van der Waals surface area contributed by atoms with Gasteiger partial charge in [-0.2, -0.15) is 4.31 Å². The monoisotopic (exact) mass is 470 g/mol. The predicted molar refractivity (Wildman–Crippen MR) is 133 cm³/mol. The number of likely N-dealkylation sites (N-methyl/N-ethyl adjacent to an activating group) is 1. The van der Waals surface area contributed by atoms with Gasteiger partial charge in [0, 0.05) is 56.2 Å². The Kier molecular flexibility index (Phi) is 7.36. The van der Waals surface area contributed by atoms with Crippen LogP contribution in [0.4, 0.5) is 11.4 Å². The molecule has 0 aliphatic carbocycles. The Bertz CT molecular complexity index is 1070. The number of amides is 1. The highest BCUT2D eigenvalue weighted by Crippen LogP contribution is 2.25. The van der Waals surface area contributed by atoms with Crippen LogP contribution in [-0.4, -0.2) is 69.3 Å². The Morgan fingerprint density at radius 2 is 1.58 bits per heavy atom. The minimum absolute atomic E-state index is 0.221. The molecule has 0 bridgehead atoms. The van der Waals surface area contributed by atoms with Gasteiger partial charge in [-0.15, -0.1) is 0 Å². The number of hydrogen-bond acceptors (Lipinski definition) is 5. The van der Waals surface area contributed by atoms with Crippen LogP contribution in [0.25, 0.3) is 0 Å². The van der Waals surface area contributed by atoms with Crippen LogP contribution in [0.1, 0.15) is 42.1 Å². The molecule has 0 spiro atoms. The maximum Gasteiger partial charge on any atom is 0.255 e. The molecule has 0 saturated carbocycles. The lowest BCUT2D eigenvalue weighted by atomic mass is 10.1. The standard InChI is InChI=1S/C25H34N4O3S/c1-3-27-15-17-28(18-16-27)23-11-9-22(10-12-23)26-25(30)21-8-7-20(2)24(19-21)33(31,32)29-13-5-4-6-14-29/h7-12,19H,3-6,13-18H2,1-2H3,(H,26,30). The lowest BCUT2D eigenvalue weighted by Crippen LogP contribution is -2.46. The van der Waals surface area contributed by atoms with Crippen LogP contribution in [0, 0.1) is 6.92 Å². The van der Waals surface area contributed by atoms with Crippen LogP contribution >= 0.6 is 0 Å². The van der Waals surface area contributed by atoms with E-state index in [9.17, 15) is 13.2 Å². The van der Waals surface area contributed by atoms with Crippen molar-refractivity contribution in [3.8, 4) is 0 Å². The third-order valence-electron chi connectivity index (χ3n) is 6.69. The highest BCUT2D eigenvalue weighted by atomic mass is 32.2. The summed E-state index contributed by atoms with van der Waals surface area (Å²) in [6, 6.07) is 12.8. The molecule has 2 aliphatic heterocycles. The molecular formula is C25H34N4O3S. The van der Waals surface area contributed by atoms with Crippen LogP contribution in [0.2, 0.25) is 0 Å². The average Bonchev–Trinajstić information content (AvgIpc) is 2.85. The van der Waals surface area contributed by atoms with E-state index in [1.807, 2.05) is 24.3 Å². The van der Waals surface area contributed by atoms with E-state index in [1.165, 1.54) is 6.07 Å². The molecule has 1 N–H and O–H groups in total. The van der Waals surface area contributed by atoms with E-state index in [-0.39, 0.29) is 10.8 Å². The summed E-state index contributed by atoms with van der Waals surface area (Å²) in [6.07, 6.45) is 2.81. The van der Waals surface area contributed by atoms with Crippen molar-refractivity contribution >= 4 is 27.3 Å². The summed E-state index contributed by atoms with van der Waals surface area (Å²) in [5.41, 5.74) is 2.84. The molecule has 0 unspecified atom stereocenters. The zero-order valence-corrected chi connectivity index (χ0v) is 20.4. The molecule has 2 aromatic rings. The number of nitrogens with one attached hydrogen (secondary N) is 1. The Labute approximate surface area is 197 Å². The van der Waals surface area contributed by atoms with E-state index in [0.717, 1.165) is 57.7 Å². The van der Waals surface area contributed by atoms with Crippen molar-refractivity contribution in [1.29, 1.82) is 0 Å². The fraction of sp³-hybridized carbons (Fsp3) is 0.480. The van der Waals surface area contributed by atoms with Crippen molar-refractivity contribution in [3.63, 3.8) is 0 Å². The Morgan fingerprint density at radius 3 is 2.21 bits per heavy atom. The molecule has 2 aromatic carbocycles. The molecule has 8 heteroatoms. The molecule has 0 aromatic heterocycles. The van der Waals surface area contributed by atoms with E-state index >= 15 is 0 Å². The van der Waals surface area contributed by atoms with Crippen molar-refractivity contribution in [1.82, 2.24) is 9.21 Å². The minimum atomic E-state index is -3.60. The zero-order valence-electron chi connectivity index (χ0n) is 19.6. The molecule has 2 heterocycles. The van der Waals surface area contributed by atoms with Gasteiger partial charge in [0.25, 0.3) is 5.91 Å². The normalized spacial score (nSPS) is 18.3. The molecule has 1 amide bonds. The molecule has 33 heavy (non-hydrogen) atoms. The van der Waals surface area contributed by atoms with Gasteiger partial charge in [0.15, 0.2) is 0 Å². The quantitative estimate of drug-likeness (QED) is 0.699. The van der Waals surface area contributed by atoms with Crippen molar-refractivity contribution in [2.24, 2.45) is 0 Å². The highest BCUT2D eigenvalue weighted by Gasteiger charge is 2.28. The van der Waals surface area contributed by atoms with Crippen LogP contribution in [0.5, 0.6) is 0 Å². The second-order valence-electron chi connectivity index (χ2n) is 8.87. The van der Waals surface area contributed by atoms with Crippen molar-refractivity contribution < 1.29 is 13.2 Å². The van der Waals surface area contributed by atoms with E-state index < -0.39 is 10.0 Å². The SMILES string of the molecule is CCN1CCN(c2ccc(NC(=O)c3ccc(C)c(S(=O)(=O)N4CCCCC4)c3)cc2)CC1. The molecular weight excluding hydrogens is 436 g/mol. The first kappa shape index (κ1) is 23.7. The molecule has 2 saturated heterocycles. The summed E-state index contributed by atoms with van der Waals surface area (Å²) < 4.78 is 27.9. The number of anilines is 2. The maximum absolute atomic E-state index is 13.2. The number of carbonyl (C=O) groups excluding carboxylic acids is 1. The van der Waals surface area contributed by atoms with Gasteiger partial charge in [0.2, 0.25) is 10.0 Å². The first-order chi connectivity index (χ1) is 15.9. The lowest BCUT2D eigenvalue weighted by molar-refractivity contribution is 0.102. The number of sulfonamides is 1. The van der Waals surface area contributed by atoms with Gasteiger partial charge in [0.05, 0.1) is 4.90 Å². The number of rotatable bonds is 6. The summed E-state index contributed by atoms with van der Waals surface area (Å²) in [4.78, 5) is 17.9. The second-order valence-corrected chi connectivity index (χ2v) is 10.8. The summed E-state index contributed by atoms with van der Waals surface area (Å²) in [5.74, 6) is -0.311. The number of piperidine rings is 1. The average molecular weight is 471 g/mol. The highest BCUT2D eigenvalue weighted by molar-refractivity contribution is 7.89. The Hall–Kier alpha value is -2.42. The van der Waals surface area contributed by atoms with Gasteiger partial charge < -0.3 is 15.1 Å². The summed E-state index contributed by atoms with van der Waals surface area (Å²) >= 11 is 0. The molecule has 0 radical (unpaired) electrons. The minimum Gasteiger partial charge on any atom is -0.369 e. The summed E-state index contributed by atoms with van der Waals surface area (Å²) in [6.45, 7) is 10.2. The third kappa shape index (κ3) is 5.39. The topological polar surface area (TPSA) is 73.0 Å². The summed E-state index contributed by atoms with van der Waals surface area (Å²) in [7, 11) is -3.60. The fourth-order valence-corrected chi connectivity index (χ4v) is 6.31. The van der Waals surface area contributed by atoms with Gasteiger partial charge in [-0.25, -0.2) is 8.42 Å². The first-order valence-electron chi connectivity index (χ1n) is 11.9. The van der Waals surface area contributed by atoms with Gasteiger partial charge in [-0.1, -0.05) is 19.4 Å². The zero-order chi connectivity index (χ0) is 23.4. The van der Waals surface area contributed by atoms with Crippen LogP contribution in [-0.2, 0) is 10.0 Å². The maximum atomic E-state index is 13.2. The van der Waals surface area contributed by atoms with Gasteiger partial charge >= 0.3 is 0 Å². The number of piperazine rings is 1. The van der Waals surface area contributed by atoms with E-state index in [2.05, 4.69) is 22.0 Å². The second kappa shape index (κ2) is 10.2. The number of aryl methyl sites for hydroxylation is 1. The van der Waals surface area contributed by atoms with Gasteiger partial charge in [0.1, 0.15) is 0 Å². The molecule has 178 valence electrons. The van der Waals surface area contributed by atoms with Crippen molar-refractivity contribution in [3.05, 3.63) is 53.6 Å². The van der Waals surface area contributed by atoms with E-state index in [4.69, 9.17) is 0 Å². The van der Waals surface area contributed by atoms with Crippen LogP contribution in [0.3, 0.4) is 0 Å². The number of nitrogens with zero attached hydrogens (tertiary/aromatic N) is 3. The van der Waals surface area contributed by atoms with Crippen molar-refractivity contribution in [2.75, 3.05) is 56.0 Å². The fourth-order valence-electron chi connectivity index (χ4n) is 4.54. The Morgan fingerprint density at radius 1 is 0.909 bits per heavy atom. The molecule has 2 aliphatic rings. The van der Waals surface area contributed by atoms with Crippen molar-refractivity contribution in [2.45, 2.75) is 38.0 Å². The number of benzene rings is 2. The molecule has 0 atom stereocenters. The largest absolute Gasteiger partial charge is 0.369 e. The van der Waals surface area contributed by atoms with Crippen LogP contribution < -0.4 is 10.2 Å². The Balaban J connectivity index is 1.45. The number of carbonyl (C=O) groups is 1. The molecule has 7 nitrogen and oxygen atoms in total. The van der Waals surface area contributed by atoms with E-state index in [1.54, 1.807) is 23.4 Å². The lowest BCUT2D eigenvalue weighted by Gasteiger charge is -2.35. The summed E-state index contributed by atoms with van der Waals surface area (Å²) in [5, 5.41) is 2.91. The van der Waals surface area contributed by atoms with Gasteiger partial charge in [-0.3, -0.25) is 4.79 Å². The predicted octanol–water partition coefficient (Wildman–Crippen LogP) is 3.56. The van der Waals surface area contributed by atoms with Crippen LogP contribution in [0.15, 0.2) is 47.4 Å².